The molecule has 0 radical (unpaired) electrons. The molecule has 0 saturated carbocycles. The van der Waals surface area contributed by atoms with Gasteiger partial charge in [-0.1, -0.05) is 24.3 Å². The molecule has 2 N–H and O–H groups in total. The summed E-state index contributed by atoms with van der Waals surface area (Å²) in [5, 5.41) is 21.1. The van der Waals surface area contributed by atoms with Gasteiger partial charge in [0, 0.05) is 17.3 Å². The summed E-state index contributed by atoms with van der Waals surface area (Å²) in [6, 6.07) is 18.7. The summed E-state index contributed by atoms with van der Waals surface area (Å²) < 4.78 is 5.66. The first-order chi connectivity index (χ1) is 13.5. The van der Waals surface area contributed by atoms with E-state index in [-0.39, 0.29) is 11.1 Å². The molecular formula is C22H16N2O4. The van der Waals surface area contributed by atoms with Crippen molar-refractivity contribution in [2.75, 3.05) is 5.32 Å². The summed E-state index contributed by atoms with van der Waals surface area (Å²) in [5.41, 5.74) is 2.20. The predicted molar refractivity (Wildman–Crippen MR) is 105 cm³/mol. The average Bonchev–Trinajstić information content (AvgIpc) is 3.15. The molecule has 0 bridgehead atoms. The van der Waals surface area contributed by atoms with Crippen molar-refractivity contribution in [2.45, 2.75) is 6.92 Å². The van der Waals surface area contributed by atoms with E-state index in [2.05, 4.69) is 5.32 Å². The Morgan fingerprint density at radius 3 is 2.61 bits per heavy atom. The minimum atomic E-state index is -1.03. The molecule has 0 spiro atoms. The minimum absolute atomic E-state index is 0.110. The monoisotopic (exact) mass is 372 g/mol. The van der Waals surface area contributed by atoms with Crippen LogP contribution in [0.1, 0.15) is 21.7 Å². The molecule has 6 nitrogen and oxygen atoms in total. The molecule has 28 heavy (non-hydrogen) atoms. The van der Waals surface area contributed by atoms with Gasteiger partial charge in [0.1, 0.15) is 23.2 Å². The Hall–Kier alpha value is -4.11. The van der Waals surface area contributed by atoms with Gasteiger partial charge in [0.2, 0.25) is 0 Å². The highest BCUT2D eigenvalue weighted by Crippen LogP contribution is 2.24. The number of nitrogens with zero attached hydrogens (tertiary/aromatic N) is 1. The van der Waals surface area contributed by atoms with Crippen LogP contribution in [0.5, 0.6) is 0 Å². The number of carboxylic acid groups (broad SMARTS) is 1. The van der Waals surface area contributed by atoms with Crippen LogP contribution in [0.3, 0.4) is 0 Å². The summed E-state index contributed by atoms with van der Waals surface area (Å²) in [6.07, 6.45) is 1.34. The number of hydrogen-bond acceptors (Lipinski definition) is 4. The molecule has 1 heterocycles. The third-order valence-electron chi connectivity index (χ3n) is 3.95. The highest BCUT2D eigenvalue weighted by atomic mass is 16.4. The zero-order valence-corrected chi connectivity index (χ0v) is 15.0. The highest BCUT2D eigenvalue weighted by molar-refractivity contribution is 6.09. The van der Waals surface area contributed by atoms with Gasteiger partial charge in [-0.2, -0.15) is 5.26 Å². The second-order valence-electron chi connectivity index (χ2n) is 6.08. The van der Waals surface area contributed by atoms with Gasteiger partial charge >= 0.3 is 5.97 Å². The molecule has 6 heteroatoms. The fourth-order valence-corrected chi connectivity index (χ4v) is 2.60. The van der Waals surface area contributed by atoms with E-state index in [4.69, 9.17) is 9.52 Å². The molecule has 0 saturated heterocycles. The van der Waals surface area contributed by atoms with Gasteiger partial charge in [-0.3, -0.25) is 4.79 Å². The number of aryl methyl sites for hydroxylation is 1. The summed E-state index contributed by atoms with van der Waals surface area (Å²) in [6.45, 7) is 1.90. The summed E-state index contributed by atoms with van der Waals surface area (Å²) in [5.74, 6) is -0.829. The van der Waals surface area contributed by atoms with Crippen LogP contribution in [0.4, 0.5) is 5.69 Å². The molecule has 0 aliphatic rings. The number of nitrogens with one attached hydrogen (secondary N) is 1. The molecule has 0 atom stereocenters. The maximum atomic E-state index is 12.3. The number of carbonyl (C=O) groups excluding carboxylic acids is 1. The first-order valence-electron chi connectivity index (χ1n) is 8.39. The number of benzene rings is 2. The lowest BCUT2D eigenvalue weighted by Gasteiger charge is -2.04. The van der Waals surface area contributed by atoms with Crippen LogP contribution in [0.2, 0.25) is 0 Å². The quantitative estimate of drug-likeness (QED) is 0.507. The number of carbonyl (C=O) groups is 2. The number of anilines is 1. The summed E-state index contributed by atoms with van der Waals surface area (Å²) in [4.78, 5) is 23.4. The van der Waals surface area contributed by atoms with Crippen LogP contribution >= 0.6 is 0 Å². The first kappa shape index (κ1) is 18.7. The van der Waals surface area contributed by atoms with Crippen LogP contribution in [0, 0.1) is 18.3 Å². The fourth-order valence-electron chi connectivity index (χ4n) is 2.60. The van der Waals surface area contributed by atoms with Crippen LogP contribution in [0.15, 0.2) is 70.7 Å². The SMILES string of the molecule is Cc1cccc(NC(=O)/C(C#N)=C/c2ccc(-c3cccc(C(=O)O)c3)o2)c1. The smallest absolute Gasteiger partial charge is 0.335 e. The van der Waals surface area contributed by atoms with Crippen molar-refractivity contribution in [3.8, 4) is 17.4 Å². The van der Waals surface area contributed by atoms with Crippen LogP contribution in [0.25, 0.3) is 17.4 Å². The second-order valence-corrected chi connectivity index (χ2v) is 6.08. The van der Waals surface area contributed by atoms with E-state index >= 15 is 0 Å². The van der Waals surface area contributed by atoms with E-state index in [9.17, 15) is 14.9 Å². The maximum Gasteiger partial charge on any atom is 0.335 e. The fraction of sp³-hybridized carbons (Fsp3) is 0.0455. The van der Waals surface area contributed by atoms with Gasteiger partial charge in [0.15, 0.2) is 0 Å². The number of hydrogen-bond donors (Lipinski definition) is 2. The van der Waals surface area contributed by atoms with Crippen LogP contribution < -0.4 is 5.32 Å². The van der Waals surface area contributed by atoms with E-state index in [1.165, 1.54) is 18.2 Å². The Labute approximate surface area is 161 Å². The molecule has 1 aromatic heterocycles. The molecule has 2 aromatic carbocycles. The van der Waals surface area contributed by atoms with Crippen molar-refractivity contribution in [1.29, 1.82) is 5.26 Å². The number of rotatable bonds is 5. The summed E-state index contributed by atoms with van der Waals surface area (Å²) >= 11 is 0. The van der Waals surface area contributed by atoms with Gasteiger partial charge in [-0.05, 0) is 48.9 Å². The van der Waals surface area contributed by atoms with Crippen molar-refractivity contribution >= 4 is 23.6 Å². The van der Waals surface area contributed by atoms with E-state index in [0.29, 0.717) is 22.8 Å². The van der Waals surface area contributed by atoms with Crippen molar-refractivity contribution in [1.82, 2.24) is 0 Å². The standard InChI is InChI=1S/C22H16N2O4/c1-14-4-2-7-18(10-14)24-21(25)17(13-23)12-19-8-9-20(28-19)15-5-3-6-16(11-15)22(26)27/h2-12H,1H3,(H,24,25)(H,26,27)/b17-12+. The van der Waals surface area contributed by atoms with E-state index < -0.39 is 11.9 Å². The van der Waals surface area contributed by atoms with Crippen molar-refractivity contribution in [3.05, 3.63) is 83.1 Å². The van der Waals surface area contributed by atoms with Gasteiger partial charge in [0.25, 0.3) is 5.91 Å². The van der Waals surface area contributed by atoms with Gasteiger partial charge in [-0.15, -0.1) is 0 Å². The minimum Gasteiger partial charge on any atom is -0.478 e. The molecule has 1 amide bonds. The molecule has 0 aliphatic heterocycles. The Bertz CT molecular complexity index is 1120. The molecule has 3 rings (SSSR count). The van der Waals surface area contributed by atoms with Crippen molar-refractivity contribution < 1.29 is 19.1 Å². The van der Waals surface area contributed by atoms with Gasteiger partial charge < -0.3 is 14.8 Å². The Balaban J connectivity index is 1.82. The predicted octanol–water partition coefficient (Wildman–Crippen LogP) is 4.50. The number of furan rings is 1. The average molecular weight is 372 g/mol. The molecule has 138 valence electrons. The Kier molecular flexibility index (Phi) is 5.38. The zero-order valence-electron chi connectivity index (χ0n) is 15.0. The first-order valence-corrected chi connectivity index (χ1v) is 8.39. The zero-order chi connectivity index (χ0) is 20.1. The van der Waals surface area contributed by atoms with Crippen molar-refractivity contribution in [3.63, 3.8) is 0 Å². The summed E-state index contributed by atoms with van der Waals surface area (Å²) in [7, 11) is 0. The lowest BCUT2D eigenvalue weighted by Crippen LogP contribution is -2.13. The number of amides is 1. The molecule has 0 aliphatic carbocycles. The highest BCUT2D eigenvalue weighted by Gasteiger charge is 2.12. The van der Waals surface area contributed by atoms with Crippen molar-refractivity contribution in [2.24, 2.45) is 0 Å². The number of aromatic carboxylic acids is 1. The Morgan fingerprint density at radius 2 is 1.89 bits per heavy atom. The van der Waals surface area contributed by atoms with E-state index in [1.807, 2.05) is 25.1 Å². The third-order valence-corrected chi connectivity index (χ3v) is 3.95. The number of carboxylic acids is 1. The van der Waals surface area contributed by atoms with E-state index in [1.54, 1.807) is 36.4 Å². The lowest BCUT2D eigenvalue weighted by atomic mass is 10.1. The van der Waals surface area contributed by atoms with Gasteiger partial charge in [-0.25, -0.2) is 4.79 Å². The van der Waals surface area contributed by atoms with Crippen LogP contribution in [-0.2, 0) is 4.79 Å². The lowest BCUT2D eigenvalue weighted by molar-refractivity contribution is -0.112. The molecule has 0 unspecified atom stereocenters. The van der Waals surface area contributed by atoms with Gasteiger partial charge in [0.05, 0.1) is 5.56 Å². The maximum absolute atomic E-state index is 12.3. The normalized spacial score (nSPS) is 10.9. The number of nitriles is 1. The largest absolute Gasteiger partial charge is 0.478 e. The third kappa shape index (κ3) is 4.34. The molecular weight excluding hydrogens is 356 g/mol. The molecule has 0 fully saturated rings. The Morgan fingerprint density at radius 1 is 1.11 bits per heavy atom. The topological polar surface area (TPSA) is 103 Å². The molecule has 3 aromatic rings. The van der Waals surface area contributed by atoms with Crippen LogP contribution in [-0.4, -0.2) is 17.0 Å². The van der Waals surface area contributed by atoms with E-state index in [0.717, 1.165) is 5.56 Å². The second kappa shape index (κ2) is 8.06.